The number of Topliss-reactive ketones (excluding diaryl/α,β-unsaturated/α-hetero) is 1. The molecule has 1 aromatic carbocycles. The third kappa shape index (κ3) is 2.96. The number of hydrogen-bond donors (Lipinski definition) is 0. The van der Waals surface area contributed by atoms with Gasteiger partial charge in [-0.3, -0.25) is 4.79 Å². The minimum absolute atomic E-state index is 0.0140. The molecule has 4 heteroatoms. The van der Waals surface area contributed by atoms with Crippen LogP contribution < -0.4 is 0 Å². The Hall–Kier alpha value is -0.570. The molecule has 1 aliphatic carbocycles. The summed E-state index contributed by atoms with van der Waals surface area (Å²) in [7, 11) is 1.62. The third-order valence-electron chi connectivity index (χ3n) is 3.94. The van der Waals surface area contributed by atoms with Crippen LogP contribution in [0.15, 0.2) is 18.2 Å². The van der Waals surface area contributed by atoms with Gasteiger partial charge in [-0.2, -0.15) is 0 Å². The summed E-state index contributed by atoms with van der Waals surface area (Å²) in [5, 5.41) is 0.865. The van der Waals surface area contributed by atoms with Crippen LogP contribution in [0.25, 0.3) is 0 Å². The third-order valence-corrected chi connectivity index (χ3v) is 4.68. The van der Waals surface area contributed by atoms with Gasteiger partial charge in [0, 0.05) is 12.7 Å². The summed E-state index contributed by atoms with van der Waals surface area (Å²) in [4.78, 5) is 12.7. The minimum Gasteiger partial charge on any atom is -0.370 e. The first-order valence-electron chi connectivity index (χ1n) is 6.53. The average Bonchev–Trinajstić information content (AvgIpc) is 2.41. The molecule has 0 amide bonds. The van der Waals surface area contributed by atoms with Gasteiger partial charge in [-0.15, -0.1) is 0 Å². The van der Waals surface area contributed by atoms with Gasteiger partial charge in [0.2, 0.25) is 0 Å². The lowest BCUT2D eigenvalue weighted by Gasteiger charge is -2.37. The molecule has 0 N–H and O–H groups in total. The maximum absolute atomic E-state index is 12.7. The zero-order valence-electron chi connectivity index (χ0n) is 11.2. The van der Waals surface area contributed by atoms with E-state index in [9.17, 15) is 4.79 Å². The first-order valence-corrected chi connectivity index (χ1v) is 7.29. The fourth-order valence-corrected chi connectivity index (χ4v) is 3.19. The van der Waals surface area contributed by atoms with Gasteiger partial charge in [0.1, 0.15) is 5.60 Å². The van der Waals surface area contributed by atoms with Gasteiger partial charge in [-0.05, 0) is 43.4 Å². The standard InChI is InChI=1S/C15H18Cl2O2/c1-10-4-3-7-15(9-10,19-2)14(18)11-5-6-12(16)13(17)8-11/h5-6,8,10H,3-4,7,9H2,1-2H3. The number of hydrogen-bond acceptors (Lipinski definition) is 2. The molecule has 19 heavy (non-hydrogen) atoms. The van der Waals surface area contributed by atoms with E-state index < -0.39 is 5.60 Å². The van der Waals surface area contributed by atoms with Crippen LogP contribution in [0, 0.1) is 5.92 Å². The monoisotopic (exact) mass is 300 g/mol. The number of methoxy groups -OCH3 is 1. The van der Waals surface area contributed by atoms with Crippen molar-refractivity contribution in [3.63, 3.8) is 0 Å². The second-order valence-corrected chi connectivity index (χ2v) is 6.17. The first kappa shape index (κ1) is 14.8. The van der Waals surface area contributed by atoms with Crippen molar-refractivity contribution in [2.75, 3.05) is 7.11 Å². The maximum atomic E-state index is 12.7. The summed E-state index contributed by atoms with van der Waals surface area (Å²) in [5.41, 5.74) is -0.125. The van der Waals surface area contributed by atoms with Crippen LogP contribution >= 0.6 is 23.2 Å². The van der Waals surface area contributed by atoms with Gasteiger partial charge in [0.15, 0.2) is 5.78 Å². The Bertz CT molecular complexity index is 487. The summed E-state index contributed by atoms with van der Waals surface area (Å²) < 4.78 is 5.61. The van der Waals surface area contributed by atoms with E-state index in [0.717, 1.165) is 25.7 Å². The van der Waals surface area contributed by atoms with Crippen LogP contribution in [-0.4, -0.2) is 18.5 Å². The Kier molecular flexibility index (Phi) is 4.54. The summed E-state index contributed by atoms with van der Waals surface area (Å²) in [6.45, 7) is 2.16. The van der Waals surface area contributed by atoms with E-state index in [-0.39, 0.29) is 5.78 Å². The predicted molar refractivity (Wildman–Crippen MR) is 78.2 cm³/mol. The number of carbonyl (C=O) groups excluding carboxylic acids is 1. The molecule has 0 aliphatic heterocycles. The van der Waals surface area contributed by atoms with E-state index in [2.05, 4.69) is 6.92 Å². The smallest absolute Gasteiger partial charge is 0.194 e. The van der Waals surface area contributed by atoms with Crippen molar-refractivity contribution in [3.8, 4) is 0 Å². The van der Waals surface area contributed by atoms with Crippen LogP contribution in [0.5, 0.6) is 0 Å². The second-order valence-electron chi connectivity index (χ2n) is 5.36. The predicted octanol–water partition coefficient (Wildman–Crippen LogP) is 4.77. The summed E-state index contributed by atoms with van der Waals surface area (Å²) in [6.07, 6.45) is 3.71. The summed E-state index contributed by atoms with van der Waals surface area (Å²) in [5.74, 6) is 0.514. The molecule has 1 saturated carbocycles. The van der Waals surface area contributed by atoms with Crippen LogP contribution in [0.1, 0.15) is 43.0 Å². The van der Waals surface area contributed by atoms with Gasteiger partial charge in [-0.1, -0.05) is 36.5 Å². The summed E-state index contributed by atoms with van der Waals surface area (Å²) >= 11 is 11.9. The lowest BCUT2D eigenvalue weighted by molar-refractivity contribution is -0.0302. The molecule has 0 radical (unpaired) electrons. The topological polar surface area (TPSA) is 26.3 Å². The SMILES string of the molecule is COC1(C(=O)c2ccc(Cl)c(Cl)c2)CCCC(C)C1. The second kappa shape index (κ2) is 5.82. The van der Waals surface area contributed by atoms with Crippen molar-refractivity contribution in [2.45, 2.75) is 38.2 Å². The van der Waals surface area contributed by atoms with Crippen LogP contribution in [-0.2, 0) is 4.74 Å². The van der Waals surface area contributed by atoms with Gasteiger partial charge in [0.25, 0.3) is 0 Å². The fraction of sp³-hybridized carbons (Fsp3) is 0.533. The van der Waals surface area contributed by atoms with E-state index in [1.54, 1.807) is 25.3 Å². The van der Waals surface area contributed by atoms with Crippen molar-refractivity contribution in [2.24, 2.45) is 5.92 Å². The van der Waals surface area contributed by atoms with Gasteiger partial charge >= 0.3 is 0 Å². The van der Waals surface area contributed by atoms with Crippen molar-refractivity contribution in [1.82, 2.24) is 0 Å². The highest BCUT2D eigenvalue weighted by atomic mass is 35.5. The highest BCUT2D eigenvalue weighted by Crippen LogP contribution is 2.38. The zero-order valence-corrected chi connectivity index (χ0v) is 12.7. The molecule has 2 rings (SSSR count). The van der Waals surface area contributed by atoms with Crippen molar-refractivity contribution in [1.29, 1.82) is 0 Å². The Morgan fingerprint density at radius 1 is 1.37 bits per heavy atom. The highest BCUT2D eigenvalue weighted by Gasteiger charge is 2.42. The number of benzene rings is 1. The van der Waals surface area contributed by atoms with E-state index >= 15 is 0 Å². The molecule has 1 fully saturated rings. The Morgan fingerprint density at radius 3 is 2.68 bits per heavy atom. The molecule has 0 aromatic heterocycles. The highest BCUT2D eigenvalue weighted by molar-refractivity contribution is 6.42. The number of rotatable bonds is 3. The number of halogens is 2. The van der Waals surface area contributed by atoms with Crippen molar-refractivity contribution < 1.29 is 9.53 Å². The molecule has 2 unspecified atom stereocenters. The number of ketones is 1. The lowest BCUT2D eigenvalue weighted by atomic mass is 9.75. The zero-order chi connectivity index (χ0) is 14.0. The van der Waals surface area contributed by atoms with Gasteiger partial charge in [0.05, 0.1) is 10.0 Å². The largest absolute Gasteiger partial charge is 0.370 e. The quantitative estimate of drug-likeness (QED) is 0.752. The molecule has 1 aliphatic rings. The van der Waals surface area contributed by atoms with Crippen LogP contribution in [0.4, 0.5) is 0 Å². The van der Waals surface area contributed by atoms with Crippen LogP contribution in [0.2, 0.25) is 10.0 Å². The molecule has 0 spiro atoms. The number of carbonyl (C=O) groups is 1. The Morgan fingerprint density at radius 2 is 2.11 bits per heavy atom. The minimum atomic E-state index is -0.700. The normalized spacial score (nSPS) is 27.3. The molecule has 1 aromatic rings. The lowest BCUT2D eigenvalue weighted by Crippen LogP contribution is -2.44. The molecular formula is C15H18Cl2O2. The van der Waals surface area contributed by atoms with E-state index in [0.29, 0.717) is 21.5 Å². The molecule has 0 saturated heterocycles. The molecule has 2 atom stereocenters. The number of ether oxygens (including phenoxy) is 1. The van der Waals surface area contributed by atoms with E-state index in [1.165, 1.54) is 0 Å². The molecule has 0 bridgehead atoms. The van der Waals surface area contributed by atoms with Crippen molar-refractivity contribution in [3.05, 3.63) is 33.8 Å². The molecular weight excluding hydrogens is 283 g/mol. The Balaban J connectivity index is 2.32. The van der Waals surface area contributed by atoms with E-state index in [4.69, 9.17) is 27.9 Å². The average molecular weight is 301 g/mol. The van der Waals surface area contributed by atoms with Gasteiger partial charge in [-0.25, -0.2) is 0 Å². The molecule has 0 heterocycles. The maximum Gasteiger partial charge on any atom is 0.194 e. The summed E-state index contributed by atoms with van der Waals surface area (Å²) in [6, 6.07) is 5.01. The van der Waals surface area contributed by atoms with Crippen molar-refractivity contribution >= 4 is 29.0 Å². The fourth-order valence-electron chi connectivity index (χ4n) is 2.89. The Labute approximate surface area is 124 Å². The van der Waals surface area contributed by atoms with E-state index in [1.807, 2.05) is 0 Å². The molecule has 104 valence electrons. The molecule has 2 nitrogen and oxygen atoms in total. The van der Waals surface area contributed by atoms with Gasteiger partial charge < -0.3 is 4.74 Å². The first-order chi connectivity index (χ1) is 8.98. The van der Waals surface area contributed by atoms with Crippen LogP contribution in [0.3, 0.4) is 0 Å².